The Labute approximate surface area is 156 Å². The van der Waals surface area contributed by atoms with E-state index in [4.69, 9.17) is 9.47 Å². The highest BCUT2D eigenvalue weighted by Gasteiger charge is 2.19. The summed E-state index contributed by atoms with van der Waals surface area (Å²) in [7, 11) is 3.88. The highest BCUT2D eigenvalue weighted by molar-refractivity contribution is 14.0. The van der Waals surface area contributed by atoms with Gasteiger partial charge in [0.15, 0.2) is 5.96 Å². The lowest BCUT2D eigenvalue weighted by molar-refractivity contribution is 0.180. The van der Waals surface area contributed by atoms with Gasteiger partial charge in [0.05, 0.1) is 13.2 Å². The highest BCUT2D eigenvalue weighted by Crippen LogP contribution is 2.13. The van der Waals surface area contributed by atoms with Crippen molar-refractivity contribution in [3.05, 3.63) is 30.3 Å². The van der Waals surface area contributed by atoms with E-state index in [2.05, 4.69) is 29.2 Å². The zero-order valence-corrected chi connectivity index (χ0v) is 16.5. The summed E-state index contributed by atoms with van der Waals surface area (Å²) in [6, 6.07) is 9.88. The standard InChI is InChI=1S/C17H27N3O2.HI/c1-14(22-16-7-5-4-6-8-16)11-19-17(18-2)20(3)12-15-9-10-21-13-15;/h4-8,14-15H,9-13H2,1-3H3,(H,18,19);1H. The Morgan fingerprint density at radius 1 is 1.43 bits per heavy atom. The molecule has 130 valence electrons. The predicted molar refractivity (Wildman–Crippen MR) is 105 cm³/mol. The molecule has 1 fully saturated rings. The fourth-order valence-electron chi connectivity index (χ4n) is 2.59. The van der Waals surface area contributed by atoms with E-state index in [1.807, 2.05) is 37.4 Å². The molecule has 1 aromatic carbocycles. The second kappa shape index (κ2) is 10.7. The van der Waals surface area contributed by atoms with Gasteiger partial charge in [0.1, 0.15) is 11.9 Å². The highest BCUT2D eigenvalue weighted by atomic mass is 127. The van der Waals surface area contributed by atoms with Crippen LogP contribution in [0.15, 0.2) is 35.3 Å². The van der Waals surface area contributed by atoms with Crippen molar-refractivity contribution in [3.8, 4) is 5.75 Å². The van der Waals surface area contributed by atoms with Gasteiger partial charge in [-0.2, -0.15) is 0 Å². The maximum atomic E-state index is 5.87. The monoisotopic (exact) mass is 433 g/mol. The number of aliphatic imine (C=N–C) groups is 1. The van der Waals surface area contributed by atoms with Crippen molar-refractivity contribution in [2.24, 2.45) is 10.9 Å². The molecule has 0 bridgehead atoms. The molecule has 0 spiro atoms. The quantitative estimate of drug-likeness (QED) is 0.426. The molecule has 1 aromatic rings. The number of para-hydroxylation sites is 1. The van der Waals surface area contributed by atoms with Crippen molar-refractivity contribution < 1.29 is 9.47 Å². The number of ether oxygens (including phenoxy) is 2. The minimum atomic E-state index is 0. The normalized spacial score (nSPS) is 18.9. The maximum Gasteiger partial charge on any atom is 0.193 e. The number of nitrogens with zero attached hydrogens (tertiary/aromatic N) is 2. The van der Waals surface area contributed by atoms with Crippen molar-refractivity contribution >= 4 is 29.9 Å². The molecule has 0 aromatic heterocycles. The van der Waals surface area contributed by atoms with E-state index in [1.165, 1.54) is 0 Å². The molecule has 0 aliphatic carbocycles. The van der Waals surface area contributed by atoms with E-state index >= 15 is 0 Å². The number of guanidine groups is 1. The number of hydrogen-bond donors (Lipinski definition) is 1. The van der Waals surface area contributed by atoms with E-state index < -0.39 is 0 Å². The summed E-state index contributed by atoms with van der Waals surface area (Å²) in [6.07, 6.45) is 1.21. The molecule has 2 atom stereocenters. The number of halogens is 1. The minimum Gasteiger partial charge on any atom is -0.489 e. The molecular weight excluding hydrogens is 405 g/mol. The molecule has 1 N–H and O–H groups in total. The van der Waals surface area contributed by atoms with Crippen molar-refractivity contribution in [2.45, 2.75) is 19.4 Å². The molecule has 2 unspecified atom stereocenters. The second-order valence-corrected chi connectivity index (χ2v) is 5.78. The smallest absolute Gasteiger partial charge is 0.193 e. The summed E-state index contributed by atoms with van der Waals surface area (Å²) in [5.74, 6) is 2.39. The summed E-state index contributed by atoms with van der Waals surface area (Å²) in [6.45, 7) is 5.47. The van der Waals surface area contributed by atoms with Crippen LogP contribution in [0.1, 0.15) is 13.3 Å². The first kappa shape index (κ1) is 20.0. The van der Waals surface area contributed by atoms with Crippen LogP contribution in [-0.4, -0.2) is 57.4 Å². The molecule has 5 nitrogen and oxygen atoms in total. The van der Waals surface area contributed by atoms with Gasteiger partial charge in [-0.3, -0.25) is 4.99 Å². The van der Waals surface area contributed by atoms with Crippen LogP contribution in [0.2, 0.25) is 0 Å². The molecular formula is C17H28IN3O2. The molecule has 0 saturated carbocycles. The van der Waals surface area contributed by atoms with Crippen molar-refractivity contribution in [1.29, 1.82) is 0 Å². The molecule has 23 heavy (non-hydrogen) atoms. The summed E-state index contributed by atoms with van der Waals surface area (Å²) in [4.78, 5) is 6.51. The number of rotatable bonds is 6. The number of nitrogens with one attached hydrogen (secondary N) is 1. The SMILES string of the molecule is CN=C(NCC(C)Oc1ccccc1)N(C)CC1CCOC1.I. The molecule has 0 radical (unpaired) electrons. The van der Waals surface area contributed by atoms with E-state index in [0.29, 0.717) is 12.5 Å². The fraction of sp³-hybridized carbons (Fsp3) is 0.588. The Balaban J connectivity index is 0.00000264. The Morgan fingerprint density at radius 3 is 2.78 bits per heavy atom. The maximum absolute atomic E-state index is 5.87. The molecule has 1 aliphatic rings. The Morgan fingerprint density at radius 2 is 2.17 bits per heavy atom. The third-order valence-corrected chi connectivity index (χ3v) is 3.76. The molecule has 0 amide bonds. The summed E-state index contributed by atoms with van der Waals surface area (Å²) in [5.41, 5.74) is 0. The van der Waals surface area contributed by atoms with Crippen LogP contribution in [0.5, 0.6) is 5.75 Å². The van der Waals surface area contributed by atoms with Gasteiger partial charge in [0.2, 0.25) is 0 Å². The van der Waals surface area contributed by atoms with Gasteiger partial charge in [0, 0.05) is 33.2 Å². The van der Waals surface area contributed by atoms with Crippen LogP contribution in [0, 0.1) is 5.92 Å². The van der Waals surface area contributed by atoms with Crippen LogP contribution in [-0.2, 0) is 4.74 Å². The fourth-order valence-corrected chi connectivity index (χ4v) is 2.59. The molecule has 1 heterocycles. The molecule has 1 aliphatic heterocycles. The van der Waals surface area contributed by atoms with Gasteiger partial charge in [-0.1, -0.05) is 18.2 Å². The number of hydrogen-bond acceptors (Lipinski definition) is 3. The van der Waals surface area contributed by atoms with Crippen molar-refractivity contribution in [3.63, 3.8) is 0 Å². The molecule has 6 heteroatoms. The van der Waals surface area contributed by atoms with Gasteiger partial charge < -0.3 is 19.7 Å². The summed E-state index contributed by atoms with van der Waals surface area (Å²) >= 11 is 0. The van der Waals surface area contributed by atoms with Crippen LogP contribution in [0.25, 0.3) is 0 Å². The van der Waals surface area contributed by atoms with Gasteiger partial charge in [-0.05, 0) is 25.5 Å². The first-order valence-corrected chi connectivity index (χ1v) is 7.90. The van der Waals surface area contributed by atoms with Crippen LogP contribution in [0.4, 0.5) is 0 Å². The van der Waals surface area contributed by atoms with Crippen molar-refractivity contribution in [2.75, 3.05) is 40.4 Å². The van der Waals surface area contributed by atoms with Gasteiger partial charge in [-0.15, -0.1) is 24.0 Å². The van der Waals surface area contributed by atoms with Gasteiger partial charge in [0.25, 0.3) is 0 Å². The largest absolute Gasteiger partial charge is 0.489 e. The topological polar surface area (TPSA) is 46.1 Å². The third-order valence-electron chi connectivity index (χ3n) is 3.76. The lowest BCUT2D eigenvalue weighted by atomic mass is 10.1. The minimum absolute atomic E-state index is 0. The first-order chi connectivity index (χ1) is 10.7. The predicted octanol–water partition coefficient (Wildman–Crippen LogP) is 2.62. The number of benzene rings is 1. The zero-order valence-electron chi connectivity index (χ0n) is 14.2. The van der Waals surface area contributed by atoms with E-state index in [-0.39, 0.29) is 30.1 Å². The lowest BCUT2D eigenvalue weighted by Crippen LogP contribution is -2.44. The second-order valence-electron chi connectivity index (χ2n) is 5.78. The zero-order chi connectivity index (χ0) is 15.8. The van der Waals surface area contributed by atoms with Gasteiger partial charge >= 0.3 is 0 Å². The van der Waals surface area contributed by atoms with Gasteiger partial charge in [-0.25, -0.2) is 0 Å². The first-order valence-electron chi connectivity index (χ1n) is 7.90. The van der Waals surface area contributed by atoms with Crippen LogP contribution < -0.4 is 10.1 Å². The average Bonchev–Trinajstić information content (AvgIpc) is 3.01. The van der Waals surface area contributed by atoms with E-state index in [9.17, 15) is 0 Å². The average molecular weight is 433 g/mol. The van der Waals surface area contributed by atoms with E-state index in [0.717, 1.165) is 37.9 Å². The van der Waals surface area contributed by atoms with E-state index in [1.54, 1.807) is 0 Å². The van der Waals surface area contributed by atoms with Crippen LogP contribution in [0.3, 0.4) is 0 Å². The van der Waals surface area contributed by atoms with Crippen LogP contribution >= 0.6 is 24.0 Å². The third kappa shape index (κ3) is 6.95. The summed E-state index contributed by atoms with van der Waals surface area (Å²) < 4.78 is 11.3. The molecule has 2 rings (SSSR count). The Kier molecular flexibility index (Phi) is 9.31. The molecule has 1 saturated heterocycles. The summed E-state index contributed by atoms with van der Waals surface area (Å²) in [5, 5.41) is 3.37. The Hall–Kier alpha value is -1.02. The Bertz CT molecular complexity index is 464. The van der Waals surface area contributed by atoms with Crippen molar-refractivity contribution in [1.82, 2.24) is 10.2 Å². The lowest BCUT2D eigenvalue weighted by Gasteiger charge is -2.25.